The lowest BCUT2D eigenvalue weighted by Gasteiger charge is -2.08. The molecule has 24 heavy (non-hydrogen) atoms. The number of aryl methyl sites for hydroxylation is 1. The van der Waals surface area contributed by atoms with Crippen molar-refractivity contribution in [3.63, 3.8) is 0 Å². The maximum atomic E-state index is 4.93. The van der Waals surface area contributed by atoms with Gasteiger partial charge in [-0.25, -0.2) is 9.97 Å². The number of hydrogen-bond acceptors (Lipinski definition) is 2. The van der Waals surface area contributed by atoms with Crippen LogP contribution in [0.2, 0.25) is 0 Å². The molecule has 0 saturated carbocycles. The molecule has 0 unspecified atom stereocenters. The highest BCUT2D eigenvalue weighted by Crippen LogP contribution is 2.35. The van der Waals surface area contributed by atoms with Gasteiger partial charge in [0.1, 0.15) is 5.52 Å². The number of aromatic nitrogens is 3. The molecule has 0 fully saturated rings. The topological polar surface area (TPSA) is 30.7 Å². The number of benzene rings is 2. The minimum atomic E-state index is 0.939. The van der Waals surface area contributed by atoms with Crippen LogP contribution in [-0.2, 0) is 6.54 Å². The Morgan fingerprint density at radius 1 is 1.00 bits per heavy atom. The molecule has 0 radical (unpaired) electrons. The first-order valence-corrected chi connectivity index (χ1v) is 9.81. The highest BCUT2D eigenvalue weighted by molar-refractivity contribution is 9.11. The van der Waals surface area contributed by atoms with Crippen LogP contribution >= 0.6 is 31.9 Å². The van der Waals surface area contributed by atoms with Crippen molar-refractivity contribution in [2.75, 3.05) is 0 Å². The summed E-state index contributed by atoms with van der Waals surface area (Å²) in [5.74, 6) is 0. The fourth-order valence-corrected chi connectivity index (χ4v) is 4.66. The molecule has 0 atom stereocenters. The minimum absolute atomic E-state index is 0.939. The van der Waals surface area contributed by atoms with Gasteiger partial charge in [-0.05, 0) is 46.6 Å². The lowest BCUT2D eigenvalue weighted by molar-refractivity contribution is 0.624. The summed E-state index contributed by atoms with van der Waals surface area (Å²) in [4.78, 5) is 9.84. The van der Waals surface area contributed by atoms with Crippen molar-refractivity contribution in [3.05, 3.63) is 45.3 Å². The molecule has 0 N–H and O–H groups in total. The number of fused-ring (bicyclic) bond motifs is 4. The first kappa shape index (κ1) is 16.0. The minimum Gasteiger partial charge on any atom is -0.323 e. The van der Waals surface area contributed by atoms with Crippen LogP contribution in [0.5, 0.6) is 0 Å². The molecule has 0 spiro atoms. The molecule has 0 aliphatic carbocycles. The number of unbranched alkanes of at least 4 members (excludes halogenated alkanes) is 2. The summed E-state index contributed by atoms with van der Waals surface area (Å²) in [5.41, 5.74) is 5.01. The fourth-order valence-electron chi connectivity index (χ4n) is 3.22. The van der Waals surface area contributed by atoms with E-state index in [1.54, 1.807) is 0 Å². The molecule has 3 nitrogen and oxygen atoms in total. The molecule has 2 heterocycles. The van der Waals surface area contributed by atoms with E-state index in [-0.39, 0.29) is 0 Å². The van der Waals surface area contributed by atoms with Crippen LogP contribution in [0.25, 0.3) is 33.1 Å². The van der Waals surface area contributed by atoms with Crippen molar-refractivity contribution < 1.29 is 0 Å². The van der Waals surface area contributed by atoms with Gasteiger partial charge in [-0.1, -0.05) is 47.8 Å². The van der Waals surface area contributed by atoms with Crippen LogP contribution in [0.15, 0.2) is 45.3 Å². The number of halogens is 2. The summed E-state index contributed by atoms with van der Waals surface area (Å²) >= 11 is 7.34. The van der Waals surface area contributed by atoms with Crippen molar-refractivity contribution in [2.24, 2.45) is 0 Å². The Labute approximate surface area is 157 Å². The molecule has 0 bridgehead atoms. The van der Waals surface area contributed by atoms with Gasteiger partial charge in [0.25, 0.3) is 0 Å². The Morgan fingerprint density at radius 3 is 2.50 bits per heavy atom. The molecule has 122 valence electrons. The first-order valence-electron chi connectivity index (χ1n) is 8.22. The van der Waals surface area contributed by atoms with E-state index in [2.05, 4.69) is 55.5 Å². The third kappa shape index (κ3) is 2.64. The maximum Gasteiger partial charge on any atom is 0.160 e. The second kappa shape index (κ2) is 6.45. The lowest BCUT2D eigenvalue weighted by atomic mass is 10.2. The van der Waals surface area contributed by atoms with Gasteiger partial charge in [-0.15, -0.1) is 0 Å². The third-order valence-electron chi connectivity index (χ3n) is 4.35. The zero-order chi connectivity index (χ0) is 16.7. The Hall–Kier alpha value is -1.46. The van der Waals surface area contributed by atoms with Gasteiger partial charge in [-0.3, -0.25) is 0 Å². The van der Waals surface area contributed by atoms with Crippen LogP contribution < -0.4 is 0 Å². The summed E-state index contributed by atoms with van der Waals surface area (Å²) in [6.45, 7) is 3.19. The van der Waals surface area contributed by atoms with E-state index in [1.807, 2.05) is 24.3 Å². The van der Waals surface area contributed by atoms with Crippen LogP contribution in [0.3, 0.4) is 0 Å². The van der Waals surface area contributed by atoms with Crippen molar-refractivity contribution in [1.29, 1.82) is 0 Å². The van der Waals surface area contributed by atoms with E-state index >= 15 is 0 Å². The lowest BCUT2D eigenvalue weighted by Crippen LogP contribution is -2.00. The zero-order valence-corrected chi connectivity index (χ0v) is 16.6. The van der Waals surface area contributed by atoms with Crippen molar-refractivity contribution in [2.45, 2.75) is 32.7 Å². The van der Waals surface area contributed by atoms with E-state index in [0.29, 0.717) is 0 Å². The molecule has 5 heteroatoms. The average Bonchev–Trinajstić information content (AvgIpc) is 2.87. The summed E-state index contributed by atoms with van der Waals surface area (Å²) < 4.78 is 4.44. The predicted molar refractivity (Wildman–Crippen MR) is 107 cm³/mol. The molecule has 0 aliphatic rings. The number of hydrogen-bond donors (Lipinski definition) is 0. The molecule has 0 aliphatic heterocycles. The number of para-hydroxylation sites is 2. The maximum absolute atomic E-state index is 4.93. The standard InChI is InChI=1S/C19H17Br2N3/c1-2-3-6-9-24-18-13(10-12(20)11-14(18)21)17-19(24)23-16-8-5-4-7-15(16)22-17/h4-5,7-8,10-11H,2-3,6,9H2,1H3. The summed E-state index contributed by atoms with van der Waals surface area (Å²) in [5, 5.41) is 1.14. The van der Waals surface area contributed by atoms with Crippen LogP contribution in [0.1, 0.15) is 26.2 Å². The summed E-state index contributed by atoms with van der Waals surface area (Å²) in [6.07, 6.45) is 3.57. The van der Waals surface area contributed by atoms with Gasteiger partial charge in [0.15, 0.2) is 5.65 Å². The largest absolute Gasteiger partial charge is 0.323 e. The van der Waals surface area contributed by atoms with Gasteiger partial charge in [0.05, 0.1) is 16.6 Å². The molecule has 4 rings (SSSR count). The van der Waals surface area contributed by atoms with E-state index < -0.39 is 0 Å². The van der Waals surface area contributed by atoms with E-state index in [4.69, 9.17) is 9.97 Å². The van der Waals surface area contributed by atoms with Gasteiger partial charge in [-0.2, -0.15) is 0 Å². The number of nitrogens with zero attached hydrogens (tertiary/aromatic N) is 3. The average molecular weight is 447 g/mol. The van der Waals surface area contributed by atoms with Gasteiger partial charge >= 0.3 is 0 Å². The Balaban J connectivity index is 2.08. The molecule has 2 aromatic carbocycles. The molecule has 4 aromatic rings. The van der Waals surface area contributed by atoms with E-state index in [9.17, 15) is 0 Å². The first-order chi connectivity index (χ1) is 11.7. The van der Waals surface area contributed by atoms with Crippen LogP contribution in [-0.4, -0.2) is 14.5 Å². The highest BCUT2D eigenvalue weighted by atomic mass is 79.9. The van der Waals surface area contributed by atoms with Gasteiger partial charge in [0.2, 0.25) is 0 Å². The van der Waals surface area contributed by atoms with Crippen molar-refractivity contribution in [1.82, 2.24) is 14.5 Å². The quantitative estimate of drug-likeness (QED) is 0.337. The molecule has 0 saturated heterocycles. The summed E-state index contributed by atoms with van der Waals surface area (Å²) in [6, 6.07) is 12.3. The van der Waals surface area contributed by atoms with Crippen molar-refractivity contribution >= 4 is 65.0 Å². The van der Waals surface area contributed by atoms with Crippen molar-refractivity contribution in [3.8, 4) is 0 Å². The third-order valence-corrected chi connectivity index (χ3v) is 5.41. The predicted octanol–water partition coefficient (Wildman–Crippen LogP) is 6.45. The SMILES string of the molecule is CCCCCn1c2nc3ccccc3nc2c2cc(Br)cc(Br)c21. The van der Waals surface area contributed by atoms with Gasteiger partial charge in [0, 0.05) is 20.9 Å². The van der Waals surface area contributed by atoms with Crippen LogP contribution in [0.4, 0.5) is 0 Å². The second-order valence-corrected chi connectivity index (χ2v) is 7.80. The Kier molecular flexibility index (Phi) is 4.31. The summed E-state index contributed by atoms with van der Waals surface area (Å²) in [7, 11) is 0. The van der Waals surface area contributed by atoms with E-state index in [0.717, 1.165) is 49.5 Å². The monoisotopic (exact) mass is 445 g/mol. The molecule has 2 aromatic heterocycles. The molecular formula is C19H17Br2N3. The smallest absolute Gasteiger partial charge is 0.160 e. The second-order valence-electron chi connectivity index (χ2n) is 6.03. The highest BCUT2D eigenvalue weighted by Gasteiger charge is 2.17. The normalized spacial score (nSPS) is 11.8. The van der Waals surface area contributed by atoms with E-state index in [1.165, 1.54) is 18.4 Å². The fraction of sp³-hybridized carbons (Fsp3) is 0.263. The van der Waals surface area contributed by atoms with Gasteiger partial charge < -0.3 is 4.57 Å². The molecular weight excluding hydrogens is 430 g/mol. The van der Waals surface area contributed by atoms with Crippen LogP contribution in [0, 0.1) is 0 Å². The number of rotatable bonds is 4. The zero-order valence-electron chi connectivity index (χ0n) is 13.4. The Bertz CT molecular complexity index is 1050. The Morgan fingerprint density at radius 2 is 1.75 bits per heavy atom. The molecule has 0 amide bonds.